The second kappa shape index (κ2) is 8.10. The number of carbonyl (C=O) groups excluding carboxylic acids is 3. The summed E-state index contributed by atoms with van der Waals surface area (Å²) in [5.74, 6) is -1.23. The van der Waals surface area contributed by atoms with Crippen LogP contribution in [0.25, 0.3) is 17.0 Å². The van der Waals surface area contributed by atoms with Crippen LogP contribution < -0.4 is 10.4 Å². The van der Waals surface area contributed by atoms with Crippen LogP contribution in [0.2, 0.25) is 0 Å². The van der Waals surface area contributed by atoms with Gasteiger partial charge < -0.3 is 9.30 Å². The van der Waals surface area contributed by atoms with E-state index in [-0.39, 0.29) is 11.5 Å². The van der Waals surface area contributed by atoms with E-state index in [2.05, 4.69) is 5.43 Å². The highest BCUT2D eigenvalue weighted by molar-refractivity contribution is 6.32. The third kappa shape index (κ3) is 3.48. The van der Waals surface area contributed by atoms with Crippen molar-refractivity contribution in [3.05, 3.63) is 71.4 Å². The fourth-order valence-corrected chi connectivity index (χ4v) is 3.93. The number of hydrazine groups is 1. The first-order valence-electron chi connectivity index (χ1n) is 10.1. The van der Waals surface area contributed by atoms with Gasteiger partial charge in [0.05, 0.1) is 12.3 Å². The maximum absolute atomic E-state index is 13.0. The third-order valence-electron chi connectivity index (χ3n) is 5.41. The van der Waals surface area contributed by atoms with Gasteiger partial charge >= 0.3 is 5.97 Å². The van der Waals surface area contributed by atoms with Crippen LogP contribution in [0.4, 0.5) is 5.69 Å². The molecular formula is C24H23N3O4. The number of anilines is 1. The van der Waals surface area contributed by atoms with Gasteiger partial charge in [-0.1, -0.05) is 36.4 Å². The smallest absolute Gasteiger partial charge is 0.328 e. The van der Waals surface area contributed by atoms with E-state index in [4.69, 9.17) is 4.74 Å². The Hall–Kier alpha value is -3.87. The molecule has 0 radical (unpaired) electrons. The number of carbonyl (C=O) groups is 3. The topological polar surface area (TPSA) is 80.6 Å². The van der Waals surface area contributed by atoms with E-state index >= 15 is 0 Å². The highest BCUT2D eigenvalue weighted by Gasteiger charge is 2.35. The summed E-state index contributed by atoms with van der Waals surface area (Å²) >= 11 is 0. The first-order chi connectivity index (χ1) is 14.9. The van der Waals surface area contributed by atoms with Crippen molar-refractivity contribution in [1.29, 1.82) is 0 Å². The van der Waals surface area contributed by atoms with E-state index in [1.54, 1.807) is 44.2 Å². The number of nitrogens with one attached hydrogen (secondary N) is 1. The van der Waals surface area contributed by atoms with Gasteiger partial charge in [0.25, 0.3) is 11.8 Å². The molecule has 1 aliphatic rings. The number of nitrogens with zero attached hydrogens (tertiary/aromatic N) is 2. The minimum Gasteiger partial charge on any atom is -0.464 e. The van der Waals surface area contributed by atoms with Crippen LogP contribution in [-0.4, -0.2) is 29.0 Å². The Morgan fingerprint density at radius 3 is 2.48 bits per heavy atom. The highest BCUT2D eigenvalue weighted by atomic mass is 16.5. The fourth-order valence-electron chi connectivity index (χ4n) is 3.93. The molecule has 2 aromatic carbocycles. The zero-order valence-electron chi connectivity index (χ0n) is 17.6. The Morgan fingerprint density at radius 1 is 1.10 bits per heavy atom. The molecule has 3 aromatic rings. The first kappa shape index (κ1) is 20.4. The quantitative estimate of drug-likeness (QED) is 0.391. The van der Waals surface area contributed by atoms with E-state index in [9.17, 15) is 14.4 Å². The minimum absolute atomic E-state index is 0.0404. The van der Waals surface area contributed by atoms with Crippen molar-refractivity contribution in [3.63, 3.8) is 0 Å². The summed E-state index contributed by atoms with van der Waals surface area (Å²) in [4.78, 5) is 38.0. The van der Waals surface area contributed by atoms with Crippen LogP contribution in [0.3, 0.4) is 0 Å². The molecule has 158 valence electrons. The van der Waals surface area contributed by atoms with Crippen molar-refractivity contribution in [3.8, 4) is 0 Å². The molecule has 7 heteroatoms. The average molecular weight is 417 g/mol. The van der Waals surface area contributed by atoms with Crippen LogP contribution in [-0.2, 0) is 19.1 Å². The van der Waals surface area contributed by atoms with Crippen LogP contribution in [0.5, 0.6) is 0 Å². The lowest BCUT2D eigenvalue weighted by Gasteiger charge is -2.16. The molecule has 0 spiro atoms. The number of rotatable bonds is 5. The van der Waals surface area contributed by atoms with Gasteiger partial charge in [-0.2, -0.15) is 0 Å². The van der Waals surface area contributed by atoms with Crippen molar-refractivity contribution in [2.75, 3.05) is 11.6 Å². The minimum atomic E-state index is -0.550. The summed E-state index contributed by atoms with van der Waals surface area (Å²) in [6.07, 6.45) is 1.60. The molecule has 1 aliphatic heterocycles. The van der Waals surface area contributed by atoms with Gasteiger partial charge in [-0.15, -0.1) is 0 Å². The van der Waals surface area contributed by atoms with Crippen molar-refractivity contribution < 1.29 is 19.1 Å². The van der Waals surface area contributed by atoms with Gasteiger partial charge in [-0.05, 0) is 45.0 Å². The maximum atomic E-state index is 13.0. The van der Waals surface area contributed by atoms with E-state index in [1.807, 2.05) is 41.8 Å². The first-order valence-corrected chi connectivity index (χ1v) is 10.1. The van der Waals surface area contributed by atoms with Gasteiger partial charge in [0.2, 0.25) is 0 Å². The molecule has 0 unspecified atom stereocenters. The van der Waals surface area contributed by atoms with E-state index in [0.717, 1.165) is 22.2 Å². The number of aromatic nitrogens is 1. The summed E-state index contributed by atoms with van der Waals surface area (Å²) < 4.78 is 7.08. The zero-order valence-corrected chi connectivity index (χ0v) is 17.6. The molecule has 0 bridgehead atoms. The number of amides is 2. The lowest BCUT2D eigenvalue weighted by Crippen LogP contribution is -2.35. The predicted octanol–water partition coefficient (Wildman–Crippen LogP) is 3.54. The Bertz CT molecular complexity index is 1210. The molecule has 2 heterocycles. The normalized spacial score (nSPS) is 16.1. The molecule has 1 atom stereocenters. The highest BCUT2D eigenvalue weighted by Crippen LogP contribution is 2.32. The molecule has 4 rings (SSSR count). The number of fused-ring (bicyclic) bond motifs is 1. The van der Waals surface area contributed by atoms with E-state index in [0.29, 0.717) is 12.3 Å². The second-order valence-corrected chi connectivity index (χ2v) is 7.29. The Morgan fingerprint density at radius 2 is 1.77 bits per heavy atom. The number of hydrogen-bond donors (Lipinski definition) is 1. The van der Waals surface area contributed by atoms with Crippen molar-refractivity contribution in [2.45, 2.75) is 26.8 Å². The third-order valence-corrected chi connectivity index (χ3v) is 5.41. The number of hydrogen-bond acceptors (Lipinski definition) is 4. The molecule has 0 saturated carbocycles. The monoisotopic (exact) mass is 417 g/mol. The summed E-state index contributed by atoms with van der Waals surface area (Å²) in [5.41, 5.74) is 5.57. The van der Waals surface area contributed by atoms with Crippen LogP contribution in [0, 0.1) is 6.92 Å². The SMILES string of the molecule is CCOC(=O)[C@@H](C)n1c(C)c(/C=C2/C(=O)NN(c3ccccc3)C2=O)c2ccccc21. The number of para-hydroxylation sites is 2. The largest absolute Gasteiger partial charge is 0.464 e. The van der Waals surface area contributed by atoms with Gasteiger partial charge in [0.1, 0.15) is 11.6 Å². The second-order valence-electron chi connectivity index (χ2n) is 7.29. The van der Waals surface area contributed by atoms with E-state index < -0.39 is 17.9 Å². The van der Waals surface area contributed by atoms with Gasteiger partial charge in [-0.25, -0.2) is 9.80 Å². The lowest BCUT2D eigenvalue weighted by atomic mass is 10.1. The van der Waals surface area contributed by atoms with Crippen molar-refractivity contribution >= 4 is 40.4 Å². The van der Waals surface area contributed by atoms with Crippen LogP contribution in [0.15, 0.2) is 60.2 Å². The number of benzene rings is 2. The van der Waals surface area contributed by atoms with Crippen molar-refractivity contribution in [2.24, 2.45) is 0 Å². The maximum Gasteiger partial charge on any atom is 0.328 e. The van der Waals surface area contributed by atoms with Crippen molar-refractivity contribution in [1.82, 2.24) is 9.99 Å². The van der Waals surface area contributed by atoms with E-state index in [1.165, 1.54) is 5.01 Å². The number of esters is 1. The lowest BCUT2D eigenvalue weighted by molar-refractivity contribution is -0.146. The van der Waals surface area contributed by atoms with Crippen LogP contribution >= 0.6 is 0 Å². The summed E-state index contributed by atoms with van der Waals surface area (Å²) in [6, 6.07) is 16.0. The Balaban J connectivity index is 1.81. The predicted molar refractivity (Wildman–Crippen MR) is 118 cm³/mol. The molecule has 2 amide bonds. The van der Waals surface area contributed by atoms with Gasteiger partial charge in [0, 0.05) is 22.2 Å². The standard InChI is InChI=1S/C24H23N3O4/c1-4-31-24(30)16(3)26-15(2)19(18-12-8-9-13-21(18)26)14-20-22(28)25-27(23(20)29)17-10-6-5-7-11-17/h5-14,16H,4H2,1-3H3,(H,25,28)/b20-14-/t16-/m1/s1. The summed E-state index contributed by atoms with van der Waals surface area (Å²) in [7, 11) is 0. The number of ether oxygens (including phenoxy) is 1. The Kier molecular flexibility index (Phi) is 5.33. The summed E-state index contributed by atoms with van der Waals surface area (Å²) in [6.45, 7) is 5.71. The summed E-state index contributed by atoms with van der Waals surface area (Å²) in [5, 5.41) is 2.09. The fraction of sp³-hybridized carbons (Fsp3) is 0.208. The molecule has 1 aromatic heterocycles. The molecule has 1 fully saturated rings. The molecule has 1 N–H and O–H groups in total. The molecule has 7 nitrogen and oxygen atoms in total. The molecule has 0 aliphatic carbocycles. The van der Waals surface area contributed by atoms with Gasteiger partial charge in [-0.3, -0.25) is 15.0 Å². The van der Waals surface area contributed by atoms with Gasteiger partial charge in [0.15, 0.2) is 0 Å². The molecule has 31 heavy (non-hydrogen) atoms. The Labute approximate surface area is 179 Å². The molecular weight excluding hydrogens is 394 g/mol. The zero-order chi connectivity index (χ0) is 22.1. The average Bonchev–Trinajstić information content (AvgIpc) is 3.22. The molecule has 1 saturated heterocycles. The van der Waals surface area contributed by atoms with Crippen LogP contribution in [0.1, 0.15) is 31.1 Å².